The SMILES string of the molecule is O=CO.O=CO.OC(c1ccccc1)c1ncc(C2(c3ccccc3)CCNCC2)[nH]1. The van der Waals surface area contributed by atoms with Crippen LogP contribution in [-0.4, -0.2) is 51.3 Å². The molecule has 3 aromatic rings. The van der Waals surface area contributed by atoms with Gasteiger partial charge in [0.25, 0.3) is 12.9 Å². The Labute approximate surface area is 180 Å². The number of aliphatic hydroxyl groups excluding tert-OH is 1. The van der Waals surface area contributed by atoms with E-state index in [1.807, 2.05) is 36.5 Å². The molecule has 0 amide bonds. The zero-order valence-corrected chi connectivity index (χ0v) is 17.0. The summed E-state index contributed by atoms with van der Waals surface area (Å²) in [4.78, 5) is 24.7. The lowest BCUT2D eigenvalue weighted by Crippen LogP contribution is -2.41. The maximum atomic E-state index is 10.7. The van der Waals surface area contributed by atoms with Crippen molar-refractivity contribution in [3.05, 3.63) is 89.5 Å². The van der Waals surface area contributed by atoms with Gasteiger partial charge in [0.1, 0.15) is 11.9 Å². The van der Waals surface area contributed by atoms with Crippen LogP contribution in [0.2, 0.25) is 0 Å². The van der Waals surface area contributed by atoms with Gasteiger partial charge in [-0.3, -0.25) is 9.59 Å². The van der Waals surface area contributed by atoms with E-state index in [1.54, 1.807) is 0 Å². The molecule has 0 aliphatic carbocycles. The van der Waals surface area contributed by atoms with E-state index in [4.69, 9.17) is 19.8 Å². The predicted molar refractivity (Wildman–Crippen MR) is 116 cm³/mol. The second kappa shape index (κ2) is 12.3. The molecular weight excluding hydrogens is 398 g/mol. The van der Waals surface area contributed by atoms with Crippen LogP contribution >= 0.6 is 0 Å². The van der Waals surface area contributed by atoms with E-state index in [-0.39, 0.29) is 18.4 Å². The molecule has 8 heteroatoms. The van der Waals surface area contributed by atoms with E-state index in [2.05, 4.69) is 45.6 Å². The van der Waals surface area contributed by atoms with Crippen LogP contribution in [0.4, 0.5) is 0 Å². The van der Waals surface area contributed by atoms with Gasteiger partial charge >= 0.3 is 0 Å². The van der Waals surface area contributed by atoms with Crippen molar-refractivity contribution in [2.45, 2.75) is 24.4 Å². The Bertz CT molecular complexity index is 903. The maximum absolute atomic E-state index is 10.7. The lowest BCUT2D eigenvalue weighted by Gasteiger charge is -2.37. The van der Waals surface area contributed by atoms with Crippen LogP contribution in [0.15, 0.2) is 66.9 Å². The molecule has 1 aliphatic rings. The number of imidazole rings is 1. The molecule has 0 spiro atoms. The molecule has 0 radical (unpaired) electrons. The van der Waals surface area contributed by atoms with Crippen LogP contribution in [0.5, 0.6) is 0 Å². The quantitative estimate of drug-likeness (QED) is 0.405. The molecule has 31 heavy (non-hydrogen) atoms. The standard InChI is InChI=1S/C21H23N3O.2CH2O2/c25-19(16-7-3-1-4-8-16)20-23-15-18(24-20)21(11-13-22-14-12-21)17-9-5-2-6-10-17;2*2-1-3/h1-10,15,19,22,25H,11-14H2,(H,23,24);2*1H,(H,2,3). The molecule has 1 aliphatic heterocycles. The van der Waals surface area contributed by atoms with Crippen molar-refractivity contribution in [1.82, 2.24) is 15.3 Å². The van der Waals surface area contributed by atoms with Crippen molar-refractivity contribution in [2.24, 2.45) is 0 Å². The number of hydrogen-bond acceptors (Lipinski definition) is 5. The molecule has 0 saturated carbocycles. The highest BCUT2D eigenvalue weighted by atomic mass is 16.3. The Balaban J connectivity index is 0.000000513. The average molecular weight is 425 g/mol. The highest BCUT2D eigenvalue weighted by Gasteiger charge is 2.37. The average Bonchev–Trinajstić information content (AvgIpc) is 3.32. The summed E-state index contributed by atoms with van der Waals surface area (Å²) in [5.74, 6) is 0.607. The highest BCUT2D eigenvalue weighted by Crippen LogP contribution is 2.39. The van der Waals surface area contributed by atoms with Gasteiger partial charge in [-0.05, 0) is 37.1 Å². The first-order chi connectivity index (χ1) is 15.1. The Morgan fingerprint density at radius 2 is 1.42 bits per heavy atom. The van der Waals surface area contributed by atoms with Crippen LogP contribution in [0.3, 0.4) is 0 Å². The fourth-order valence-corrected chi connectivity index (χ4v) is 3.84. The zero-order valence-electron chi connectivity index (χ0n) is 17.0. The molecule has 4 rings (SSSR count). The van der Waals surface area contributed by atoms with Crippen molar-refractivity contribution in [3.63, 3.8) is 0 Å². The van der Waals surface area contributed by atoms with Gasteiger partial charge < -0.3 is 25.6 Å². The summed E-state index contributed by atoms with van der Waals surface area (Å²) in [6.45, 7) is 1.45. The third kappa shape index (κ3) is 6.00. The van der Waals surface area contributed by atoms with Gasteiger partial charge in [-0.15, -0.1) is 0 Å². The molecule has 1 fully saturated rings. The van der Waals surface area contributed by atoms with Crippen LogP contribution in [0.1, 0.15) is 41.6 Å². The summed E-state index contributed by atoms with van der Waals surface area (Å²) >= 11 is 0. The van der Waals surface area contributed by atoms with E-state index < -0.39 is 6.10 Å². The van der Waals surface area contributed by atoms with Crippen LogP contribution in [0.25, 0.3) is 0 Å². The van der Waals surface area contributed by atoms with Gasteiger partial charge in [-0.25, -0.2) is 4.98 Å². The number of nitrogens with one attached hydrogen (secondary N) is 2. The van der Waals surface area contributed by atoms with Crippen LogP contribution < -0.4 is 5.32 Å². The monoisotopic (exact) mass is 425 g/mol. The maximum Gasteiger partial charge on any atom is 0.290 e. The van der Waals surface area contributed by atoms with Gasteiger partial charge in [0.2, 0.25) is 0 Å². The van der Waals surface area contributed by atoms with E-state index in [0.717, 1.165) is 37.2 Å². The number of H-pyrrole nitrogens is 1. The summed E-state index contributed by atoms with van der Waals surface area (Å²) in [7, 11) is 0. The Kier molecular flexibility index (Phi) is 9.41. The first kappa shape index (κ1) is 23.8. The van der Waals surface area contributed by atoms with Gasteiger partial charge in [-0.2, -0.15) is 0 Å². The molecule has 1 aromatic heterocycles. The van der Waals surface area contributed by atoms with E-state index in [0.29, 0.717) is 5.82 Å². The molecule has 1 unspecified atom stereocenters. The number of benzene rings is 2. The third-order valence-corrected chi connectivity index (χ3v) is 5.27. The van der Waals surface area contributed by atoms with Crippen LogP contribution in [-0.2, 0) is 15.0 Å². The van der Waals surface area contributed by atoms with Crippen molar-refractivity contribution in [3.8, 4) is 0 Å². The minimum absolute atomic E-state index is 0.0752. The lowest BCUT2D eigenvalue weighted by molar-refractivity contribution is -0.123. The minimum Gasteiger partial charge on any atom is -0.483 e. The van der Waals surface area contributed by atoms with Crippen molar-refractivity contribution < 1.29 is 24.9 Å². The fraction of sp³-hybridized carbons (Fsp3) is 0.261. The number of nitrogens with zero attached hydrogens (tertiary/aromatic N) is 1. The number of aromatic nitrogens is 2. The molecule has 0 bridgehead atoms. The zero-order chi connectivity index (χ0) is 22.5. The Morgan fingerprint density at radius 3 is 1.97 bits per heavy atom. The summed E-state index contributed by atoms with van der Waals surface area (Å²) in [6.07, 6.45) is 3.20. The predicted octanol–water partition coefficient (Wildman–Crippen LogP) is 2.56. The summed E-state index contributed by atoms with van der Waals surface area (Å²) in [5, 5.41) is 27.9. The van der Waals surface area contributed by atoms with Gasteiger partial charge in [0, 0.05) is 17.3 Å². The summed E-state index contributed by atoms with van der Waals surface area (Å²) < 4.78 is 0. The largest absolute Gasteiger partial charge is 0.483 e. The highest BCUT2D eigenvalue weighted by molar-refractivity contribution is 5.37. The van der Waals surface area contributed by atoms with E-state index in [9.17, 15) is 5.11 Å². The smallest absolute Gasteiger partial charge is 0.290 e. The van der Waals surface area contributed by atoms with E-state index >= 15 is 0 Å². The topological polar surface area (TPSA) is 136 Å². The molecule has 1 saturated heterocycles. The molecule has 8 nitrogen and oxygen atoms in total. The van der Waals surface area contributed by atoms with Crippen molar-refractivity contribution >= 4 is 12.9 Å². The second-order valence-electron chi connectivity index (χ2n) is 6.90. The summed E-state index contributed by atoms with van der Waals surface area (Å²) in [5.41, 5.74) is 3.17. The van der Waals surface area contributed by atoms with Crippen molar-refractivity contribution in [1.29, 1.82) is 0 Å². The van der Waals surface area contributed by atoms with Gasteiger partial charge in [0.15, 0.2) is 0 Å². The first-order valence-electron chi connectivity index (χ1n) is 9.83. The molecule has 5 N–H and O–H groups in total. The normalized spacial score (nSPS) is 15.3. The number of carboxylic acid groups (broad SMARTS) is 2. The second-order valence-corrected chi connectivity index (χ2v) is 6.90. The molecule has 164 valence electrons. The molecule has 2 aromatic carbocycles. The first-order valence-corrected chi connectivity index (χ1v) is 9.83. The van der Waals surface area contributed by atoms with Gasteiger partial charge in [0.05, 0.1) is 0 Å². The molecular formula is C23H27N3O5. The lowest BCUT2D eigenvalue weighted by atomic mass is 9.71. The minimum atomic E-state index is -0.732. The number of aliphatic hydroxyl groups is 1. The number of hydrogen-bond donors (Lipinski definition) is 5. The van der Waals surface area contributed by atoms with E-state index in [1.165, 1.54) is 5.56 Å². The fourth-order valence-electron chi connectivity index (χ4n) is 3.84. The Morgan fingerprint density at radius 1 is 0.903 bits per heavy atom. The summed E-state index contributed by atoms with van der Waals surface area (Å²) in [6, 6.07) is 20.3. The molecule has 2 heterocycles. The molecule has 1 atom stereocenters. The third-order valence-electron chi connectivity index (χ3n) is 5.27. The number of rotatable bonds is 4. The van der Waals surface area contributed by atoms with Crippen LogP contribution in [0, 0.1) is 0 Å². The number of aromatic amines is 1. The van der Waals surface area contributed by atoms with Gasteiger partial charge in [-0.1, -0.05) is 60.7 Å². The van der Waals surface area contributed by atoms with Crippen molar-refractivity contribution in [2.75, 3.05) is 13.1 Å². The number of carbonyl (C=O) groups is 2. The number of piperidine rings is 1. The Hall–Kier alpha value is -3.49.